The van der Waals surface area contributed by atoms with Crippen LogP contribution >= 0.6 is 0 Å². The molecule has 0 bridgehead atoms. The Hall–Kier alpha value is -1.38. The average Bonchev–Trinajstić information content (AvgIpc) is 2.45. The van der Waals surface area contributed by atoms with Crippen molar-refractivity contribution >= 4 is 5.91 Å². The molecular formula is C11H12FNO. The van der Waals surface area contributed by atoms with Gasteiger partial charge in [-0.3, -0.25) is 4.79 Å². The number of carbonyl (C=O) groups excluding carboxylic acids is 1. The lowest BCUT2D eigenvalue weighted by Gasteiger charge is -2.13. The van der Waals surface area contributed by atoms with Gasteiger partial charge in [-0.2, -0.15) is 0 Å². The lowest BCUT2D eigenvalue weighted by Crippen LogP contribution is -2.24. The molecule has 1 aliphatic rings. The minimum absolute atomic E-state index is 0.0479. The third-order valence-corrected chi connectivity index (χ3v) is 2.67. The summed E-state index contributed by atoms with van der Waals surface area (Å²) >= 11 is 0. The van der Waals surface area contributed by atoms with Gasteiger partial charge in [-0.25, -0.2) is 4.39 Å². The third kappa shape index (κ3) is 1.62. The van der Waals surface area contributed by atoms with Gasteiger partial charge in [0.2, 0.25) is 5.91 Å². The van der Waals surface area contributed by atoms with E-state index < -0.39 is 0 Å². The molecule has 1 aromatic carbocycles. The zero-order valence-electron chi connectivity index (χ0n) is 7.96. The highest BCUT2D eigenvalue weighted by atomic mass is 19.1. The highest BCUT2D eigenvalue weighted by Gasteiger charge is 2.30. The lowest BCUT2D eigenvalue weighted by molar-refractivity contribution is -0.119. The summed E-state index contributed by atoms with van der Waals surface area (Å²) in [7, 11) is 0. The van der Waals surface area contributed by atoms with Crippen LogP contribution in [0.15, 0.2) is 24.3 Å². The van der Waals surface area contributed by atoms with E-state index in [9.17, 15) is 9.18 Å². The van der Waals surface area contributed by atoms with Crippen molar-refractivity contribution < 1.29 is 9.18 Å². The summed E-state index contributed by atoms with van der Waals surface area (Å²) in [6.45, 7) is 1.94. The summed E-state index contributed by atoms with van der Waals surface area (Å²) < 4.78 is 12.9. The summed E-state index contributed by atoms with van der Waals surface area (Å²) in [5.74, 6) is -0.0842. The fourth-order valence-electron chi connectivity index (χ4n) is 1.93. The van der Waals surface area contributed by atoms with E-state index in [1.807, 2.05) is 13.0 Å². The normalized spacial score (nSPS) is 26.3. The van der Waals surface area contributed by atoms with E-state index in [2.05, 4.69) is 5.32 Å². The second kappa shape index (κ2) is 3.40. The number of benzene rings is 1. The van der Waals surface area contributed by atoms with Gasteiger partial charge in [-0.05, 0) is 24.6 Å². The zero-order chi connectivity index (χ0) is 10.1. The molecule has 0 aromatic heterocycles. The Kier molecular flexibility index (Phi) is 2.23. The van der Waals surface area contributed by atoms with Crippen LogP contribution in [0, 0.1) is 5.82 Å². The second-order valence-corrected chi connectivity index (χ2v) is 3.72. The maximum absolute atomic E-state index is 12.9. The monoisotopic (exact) mass is 193 g/mol. The first-order chi connectivity index (χ1) is 6.66. The molecule has 3 heteroatoms. The van der Waals surface area contributed by atoms with Crippen LogP contribution in [-0.4, -0.2) is 11.9 Å². The van der Waals surface area contributed by atoms with Crippen LogP contribution in [0.1, 0.15) is 24.8 Å². The third-order valence-electron chi connectivity index (χ3n) is 2.67. The van der Waals surface area contributed by atoms with Gasteiger partial charge in [-0.15, -0.1) is 0 Å². The molecule has 74 valence electrons. The van der Waals surface area contributed by atoms with Crippen molar-refractivity contribution in [3.8, 4) is 0 Å². The molecule has 1 N–H and O–H groups in total. The lowest BCUT2D eigenvalue weighted by atomic mass is 9.93. The van der Waals surface area contributed by atoms with Crippen LogP contribution in [-0.2, 0) is 4.79 Å². The molecule has 0 radical (unpaired) electrons. The van der Waals surface area contributed by atoms with Crippen LogP contribution in [0.25, 0.3) is 0 Å². The summed E-state index contributed by atoms with van der Waals surface area (Å²) in [6, 6.07) is 6.56. The fraction of sp³-hybridized carbons (Fsp3) is 0.364. The Morgan fingerprint density at radius 1 is 1.50 bits per heavy atom. The standard InChI is InChI=1S/C11H12FNO/c1-7-10(6-11(14)13-7)8-3-2-4-9(12)5-8/h2-5,7,10H,6H2,1H3,(H,13,14). The first kappa shape index (κ1) is 9.19. The van der Waals surface area contributed by atoms with Crippen LogP contribution in [0.5, 0.6) is 0 Å². The van der Waals surface area contributed by atoms with E-state index in [1.54, 1.807) is 6.07 Å². The van der Waals surface area contributed by atoms with Crippen molar-refractivity contribution in [1.29, 1.82) is 0 Å². The molecule has 0 saturated carbocycles. The van der Waals surface area contributed by atoms with Gasteiger partial charge in [0.25, 0.3) is 0 Å². The highest BCUT2D eigenvalue weighted by molar-refractivity contribution is 5.80. The van der Waals surface area contributed by atoms with Crippen molar-refractivity contribution in [2.45, 2.75) is 25.3 Å². The SMILES string of the molecule is CC1NC(=O)CC1c1cccc(F)c1. The molecule has 2 atom stereocenters. The van der Waals surface area contributed by atoms with Gasteiger partial charge in [0.1, 0.15) is 5.82 Å². The Bertz CT molecular complexity index is 364. The molecule has 0 spiro atoms. The number of hydrogen-bond acceptors (Lipinski definition) is 1. The number of hydrogen-bond donors (Lipinski definition) is 1. The van der Waals surface area contributed by atoms with Gasteiger partial charge >= 0.3 is 0 Å². The van der Waals surface area contributed by atoms with E-state index in [0.29, 0.717) is 6.42 Å². The van der Waals surface area contributed by atoms with E-state index in [1.165, 1.54) is 12.1 Å². The van der Waals surface area contributed by atoms with Crippen LogP contribution in [0.4, 0.5) is 4.39 Å². The quantitative estimate of drug-likeness (QED) is 0.724. The minimum Gasteiger partial charge on any atom is -0.353 e. The van der Waals surface area contributed by atoms with Crippen molar-refractivity contribution in [2.24, 2.45) is 0 Å². The molecule has 1 aliphatic heterocycles. The molecule has 2 nitrogen and oxygen atoms in total. The highest BCUT2D eigenvalue weighted by Crippen LogP contribution is 2.28. The predicted octanol–water partition coefficient (Wildman–Crippen LogP) is 1.82. The first-order valence-electron chi connectivity index (χ1n) is 4.71. The van der Waals surface area contributed by atoms with Gasteiger partial charge < -0.3 is 5.32 Å². The molecule has 1 amide bonds. The van der Waals surface area contributed by atoms with Crippen molar-refractivity contribution in [3.05, 3.63) is 35.6 Å². The van der Waals surface area contributed by atoms with Gasteiger partial charge in [-0.1, -0.05) is 12.1 Å². The molecule has 14 heavy (non-hydrogen) atoms. The topological polar surface area (TPSA) is 29.1 Å². The van der Waals surface area contributed by atoms with E-state index in [0.717, 1.165) is 5.56 Å². The number of carbonyl (C=O) groups is 1. The number of nitrogens with one attached hydrogen (secondary N) is 1. The Morgan fingerprint density at radius 2 is 2.29 bits per heavy atom. The van der Waals surface area contributed by atoms with E-state index >= 15 is 0 Å². The molecule has 2 unspecified atom stereocenters. The van der Waals surface area contributed by atoms with E-state index in [-0.39, 0.29) is 23.7 Å². The summed E-state index contributed by atoms with van der Waals surface area (Å²) in [5, 5.41) is 2.82. The maximum atomic E-state index is 12.9. The molecule has 1 heterocycles. The van der Waals surface area contributed by atoms with Gasteiger partial charge in [0.15, 0.2) is 0 Å². The molecule has 1 saturated heterocycles. The summed E-state index contributed by atoms with van der Waals surface area (Å²) in [4.78, 5) is 11.1. The minimum atomic E-state index is -0.242. The average molecular weight is 193 g/mol. The fourth-order valence-corrected chi connectivity index (χ4v) is 1.93. The predicted molar refractivity (Wildman–Crippen MR) is 51.4 cm³/mol. The van der Waals surface area contributed by atoms with Gasteiger partial charge in [0, 0.05) is 18.4 Å². The molecule has 1 fully saturated rings. The molecule has 2 rings (SSSR count). The Balaban J connectivity index is 2.27. The Labute approximate surface area is 82.1 Å². The van der Waals surface area contributed by atoms with Crippen molar-refractivity contribution in [2.75, 3.05) is 0 Å². The molecule has 0 aliphatic carbocycles. The van der Waals surface area contributed by atoms with E-state index in [4.69, 9.17) is 0 Å². The van der Waals surface area contributed by atoms with Crippen LogP contribution in [0.3, 0.4) is 0 Å². The smallest absolute Gasteiger partial charge is 0.220 e. The largest absolute Gasteiger partial charge is 0.353 e. The van der Waals surface area contributed by atoms with Crippen LogP contribution in [0.2, 0.25) is 0 Å². The summed E-state index contributed by atoms with van der Waals surface area (Å²) in [6.07, 6.45) is 0.463. The van der Waals surface area contributed by atoms with Crippen LogP contribution < -0.4 is 5.32 Å². The second-order valence-electron chi connectivity index (χ2n) is 3.72. The zero-order valence-corrected chi connectivity index (χ0v) is 7.96. The Morgan fingerprint density at radius 3 is 2.86 bits per heavy atom. The number of rotatable bonds is 1. The van der Waals surface area contributed by atoms with Gasteiger partial charge in [0.05, 0.1) is 0 Å². The van der Waals surface area contributed by atoms with Crippen molar-refractivity contribution in [1.82, 2.24) is 5.32 Å². The first-order valence-corrected chi connectivity index (χ1v) is 4.71. The maximum Gasteiger partial charge on any atom is 0.220 e. The summed E-state index contributed by atoms with van der Waals surface area (Å²) in [5.41, 5.74) is 0.899. The number of amides is 1. The molecular weight excluding hydrogens is 181 g/mol. The van der Waals surface area contributed by atoms with Crippen molar-refractivity contribution in [3.63, 3.8) is 0 Å². The molecule has 1 aromatic rings. The number of halogens is 1.